The van der Waals surface area contributed by atoms with Crippen molar-refractivity contribution in [2.24, 2.45) is 5.41 Å². The molecule has 1 fully saturated rings. The van der Waals surface area contributed by atoms with E-state index >= 15 is 0 Å². The van der Waals surface area contributed by atoms with Crippen LogP contribution in [0.2, 0.25) is 0 Å². The van der Waals surface area contributed by atoms with Gasteiger partial charge in [-0.3, -0.25) is 4.79 Å². The lowest BCUT2D eigenvalue weighted by molar-refractivity contribution is -0.139. The minimum atomic E-state index is -1.56. The Morgan fingerprint density at radius 3 is 2.42 bits per heavy atom. The molecular weight excluding hydrogens is 398 g/mol. The number of benzene rings is 1. The van der Waals surface area contributed by atoms with Crippen molar-refractivity contribution in [3.8, 4) is 6.07 Å². The van der Waals surface area contributed by atoms with E-state index < -0.39 is 23.8 Å². The Labute approximate surface area is 184 Å². The SMILES string of the molecule is CC(C)(C)CCC(OC(=O)N1CCOCC1)C(=O)NC(C)(C#N)OCc1ccccc1. The van der Waals surface area contributed by atoms with Gasteiger partial charge in [0.1, 0.15) is 6.07 Å². The number of nitrogens with one attached hydrogen (secondary N) is 1. The lowest BCUT2D eigenvalue weighted by atomic mass is 9.89. The number of hydrogen-bond acceptors (Lipinski definition) is 6. The van der Waals surface area contributed by atoms with Crippen molar-refractivity contribution in [2.45, 2.75) is 59.0 Å². The Balaban J connectivity index is 2.04. The van der Waals surface area contributed by atoms with E-state index in [1.54, 1.807) is 0 Å². The standard InChI is InChI=1S/C23H33N3O5/c1-22(2,3)11-10-19(31-21(28)26-12-14-29-15-13-26)20(27)25-23(4,17-24)30-16-18-8-6-5-7-9-18/h5-9,19H,10-16H2,1-4H3,(H,25,27). The Kier molecular flexibility index (Phi) is 8.84. The van der Waals surface area contributed by atoms with Crippen LogP contribution >= 0.6 is 0 Å². The zero-order valence-corrected chi connectivity index (χ0v) is 18.8. The molecule has 1 heterocycles. The van der Waals surface area contributed by atoms with Crippen LogP contribution in [0.4, 0.5) is 4.79 Å². The van der Waals surface area contributed by atoms with Crippen molar-refractivity contribution in [2.75, 3.05) is 26.3 Å². The van der Waals surface area contributed by atoms with Crippen molar-refractivity contribution < 1.29 is 23.8 Å². The summed E-state index contributed by atoms with van der Waals surface area (Å²) in [5, 5.41) is 12.2. The molecule has 1 aliphatic heterocycles. The molecule has 8 heteroatoms. The molecule has 0 aliphatic carbocycles. The number of nitrogens with zero attached hydrogens (tertiary/aromatic N) is 2. The summed E-state index contributed by atoms with van der Waals surface area (Å²) in [5.74, 6) is -0.553. The Morgan fingerprint density at radius 2 is 1.84 bits per heavy atom. The van der Waals surface area contributed by atoms with Crippen LogP contribution in [0.15, 0.2) is 30.3 Å². The topological polar surface area (TPSA) is 101 Å². The monoisotopic (exact) mass is 431 g/mol. The van der Waals surface area contributed by atoms with E-state index in [9.17, 15) is 14.9 Å². The third-order valence-corrected chi connectivity index (χ3v) is 4.91. The van der Waals surface area contributed by atoms with Crippen LogP contribution in [0, 0.1) is 16.7 Å². The van der Waals surface area contributed by atoms with Gasteiger partial charge in [0.25, 0.3) is 5.91 Å². The van der Waals surface area contributed by atoms with Crippen molar-refractivity contribution >= 4 is 12.0 Å². The second kappa shape index (κ2) is 11.1. The maximum absolute atomic E-state index is 13.0. The zero-order valence-electron chi connectivity index (χ0n) is 18.8. The first-order chi connectivity index (χ1) is 14.6. The van der Waals surface area contributed by atoms with Crippen LogP contribution in [0.5, 0.6) is 0 Å². The minimum absolute atomic E-state index is 0.0494. The lowest BCUT2D eigenvalue weighted by Gasteiger charge is -2.30. The highest BCUT2D eigenvalue weighted by molar-refractivity contribution is 5.84. The third kappa shape index (κ3) is 8.56. The van der Waals surface area contributed by atoms with Crippen molar-refractivity contribution in [3.63, 3.8) is 0 Å². The summed E-state index contributed by atoms with van der Waals surface area (Å²) in [6.07, 6.45) is -0.579. The molecule has 1 aromatic carbocycles. The number of rotatable bonds is 8. The Bertz CT molecular complexity index is 766. The number of hydrogen-bond donors (Lipinski definition) is 1. The minimum Gasteiger partial charge on any atom is -0.436 e. The average molecular weight is 432 g/mol. The molecule has 1 aliphatic rings. The Hall–Kier alpha value is -2.63. The molecule has 0 aromatic heterocycles. The molecule has 0 spiro atoms. The third-order valence-electron chi connectivity index (χ3n) is 4.91. The second-order valence-corrected chi connectivity index (χ2v) is 8.98. The molecule has 0 saturated carbocycles. The predicted molar refractivity (Wildman–Crippen MR) is 115 cm³/mol. The summed E-state index contributed by atoms with van der Waals surface area (Å²) in [6.45, 7) is 9.51. The van der Waals surface area contributed by atoms with E-state index in [2.05, 4.69) is 5.32 Å². The van der Waals surface area contributed by atoms with E-state index in [4.69, 9.17) is 14.2 Å². The van der Waals surface area contributed by atoms with Crippen LogP contribution in [0.25, 0.3) is 0 Å². The molecule has 2 atom stereocenters. The first kappa shape index (κ1) is 24.6. The molecule has 170 valence electrons. The van der Waals surface area contributed by atoms with Crippen LogP contribution in [0.3, 0.4) is 0 Å². The van der Waals surface area contributed by atoms with Gasteiger partial charge in [-0.05, 0) is 30.7 Å². The van der Waals surface area contributed by atoms with E-state index in [1.807, 2.05) is 57.2 Å². The summed E-state index contributed by atoms with van der Waals surface area (Å²) in [6, 6.07) is 11.4. The molecule has 2 rings (SSSR count). The molecule has 1 aromatic rings. The normalized spacial score (nSPS) is 17.2. The van der Waals surface area contributed by atoms with E-state index in [0.717, 1.165) is 5.56 Å². The summed E-state index contributed by atoms with van der Waals surface area (Å²) in [5.41, 5.74) is -0.730. The van der Waals surface area contributed by atoms with Gasteiger partial charge in [0.05, 0.1) is 19.8 Å². The number of nitriles is 1. The highest BCUT2D eigenvalue weighted by Gasteiger charge is 2.34. The van der Waals surface area contributed by atoms with Crippen LogP contribution in [-0.2, 0) is 25.6 Å². The van der Waals surface area contributed by atoms with Crippen LogP contribution < -0.4 is 5.32 Å². The molecule has 2 unspecified atom stereocenters. The fourth-order valence-electron chi connectivity index (χ4n) is 2.96. The van der Waals surface area contributed by atoms with Gasteiger partial charge in [-0.1, -0.05) is 51.1 Å². The summed E-state index contributed by atoms with van der Waals surface area (Å²) < 4.78 is 16.5. The van der Waals surface area contributed by atoms with Gasteiger partial charge in [0, 0.05) is 13.1 Å². The van der Waals surface area contributed by atoms with Crippen molar-refractivity contribution in [1.29, 1.82) is 5.26 Å². The molecule has 0 radical (unpaired) electrons. The molecule has 8 nitrogen and oxygen atoms in total. The van der Waals surface area contributed by atoms with E-state index in [1.165, 1.54) is 11.8 Å². The predicted octanol–water partition coefficient (Wildman–Crippen LogP) is 3.22. The maximum atomic E-state index is 13.0. The zero-order chi connectivity index (χ0) is 22.9. The smallest absolute Gasteiger partial charge is 0.410 e. The summed E-state index contributed by atoms with van der Waals surface area (Å²) in [7, 11) is 0. The van der Waals surface area contributed by atoms with Gasteiger partial charge >= 0.3 is 6.09 Å². The van der Waals surface area contributed by atoms with Crippen molar-refractivity contribution in [3.05, 3.63) is 35.9 Å². The second-order valence-electron chi connectivity index (χ2n) is 8.98. The number of ether oxygens (including phenoxy) is 3. The fraction of sp³-hybridized carbons (Fsp3) is 0.609. The molecule has 1 N–H and O–H groups in total. The lowest BCUT2D eigenvalue weighted by Crippen LogP contribution is -2.52. The summed E-state index contributed by atoms with van der Waals surface area (Å²) in [4.78, 5) is 27.1. The van der Waals surface area contributed by atoms with Gasteiger partial charge in [0.2, 0.25) is 5.72 Å². The first-order valence-electron chi connectivity index (χ1n) is 10.6. The fourth-order valence-corrected chi connectivity index (χ4v) is 2.96. The molecule has 31 heavy (non-hydrogen) atoms. The number of amides is 2. The highest BCUT2D eigenvalue weighted by Crippen LogP contribution is 2.23. The molecular formula is C23H33N3O5. The molecule has 1 saturated heterocycles. The maximum Gasteiger partial charge on any atom is 0.410 e. The quantitative estimate of drug-likeness (QED) is 0.634. The number of carbonyl (C=O) groups excluding carboxylic acids is 2. The van der Waals surface area contributed by atoms with Gasteiger partial charge in [-0.15, -0.1) is 0 Å². The van der Waals surface area contributed by atoms with Crippen LogP contribution in [-0.4, -0.2) is 55.0 Å². The van der Waals surface area contributed by atoms with Gasteiger partial charge in [0.15, 0.2) is 6.10 Å². The number of morpholine rings is 1. The van der Waals surface area contributed by atoms with Gasteiger partial charge in [-0.25, -0.2) is 4.79 Å². The van der Waals surface area contributed by atoms with E-state index in [0.29, 0.717) is 39.1 Å². The van der Waals surface area contributed by atoms with Gasteiger partial charge < -0.3 is 24.4 Å². The average Bonchev–Trinajstić information content (AvgIpc) is 2.75. The van der Waals surface area contributed by atoms with Gasteiger partial charge in [-0.2, -0.15) is 5.26 Å². The first-order valence-corrected chi connectivity index (χ1v) is 10.6. The highest BCUT2D eigenvalue weighted by atomic mass is 16.6. The molecule has 2 amide bonds. The largest absolute Gasteiger partial charge is 0.436 e. The van der Waals surface area contributed by atoms with Crippen LogP contribution in [0.1, 0.15) is 46.1 Å². The van der Waals surface area contributed by atoms with Crippen molar-refractivity contribution in [1.82, 2.24) is 10.2 Å². The Morgan fingerprint density at radius 1 is 1.19 bits per heavy atom. The number of carbonyl (C=O) groups is 2. The van der Waals surface area contributed by atoms with E-state index in [-0.39, 0.29) is 12.0 Å². The molecule has 0 bridgehead atoms. The summed E-state index contributed by atoms with van der Waals surface area (Å²) >= 11 is 0.